The molecule has 0 bridgehead atoms. The second-order valence-electron chi connectivity index (χ2n) is 5.09. The maximum atomic E-state index is 13.0. The fourth-order valence-corrected chi connectivity index (χ4v) is 3.42. The second kappa shape index (κ2) is 5.80. The Kier molecular flexibility index (Phi) is 3.88. The first-order valence-electron chi connectivity index (χ1n) is 6.70. The summed E-state index contributed by atoms with van der Waals surface area (Å²) in [6.07, 6.45) is 1.60. The van der Waals surface area contributed by atoms with E-state index in [2.05, 4.69) is 12.1 Å². The van der Waals surface area contributed by atoms with Crippen LogP contribution in [-0.4, -0.2) is 11.5 Å². The average molecular weight is 286 g/mol. The molecule has 1 nitrogen and oxygen atoms in total. The van der Waals surface area contributed by atoms with Crippen LogP contribution in [0.3, 0.4) is 0 Å². The van der Waals surface area contributed by atoms with E-state index in [0.717, 1.165) is 11.3 Å². The Labute approximate surface area is 122 Å². The fourth-order valence-electron chi connectivity index (χ4n) is 2.60. The number of ketones is 1. The molecule has 3 heteroatoms. The number of hydrogen-bond acceptors (Lipinski definition) is 2. The van der Waals surface area contributed by atoms with E-state index in [1.807, 2.05) is 18.2 Å². The molecule has 3 rings (SSSR count). The first kappa shape index (κ1) is 13.4. The number of Topliss-reactive ketones (excluding diaryl/α,β-unsaturated/α-hetero) is 1. The predicted octanol–water partition coefficient (Wildman–Crippen LogP) is 4.22. The molecule has 1 unspecified atom stereocenters. The molecule has 0 saturated carbocycles. The van der Waals surface area contributed by atoms with Crippen LogP contribution < -0.4 is 0 Å². The number of fused-ring (bicyclic) bond motifs is 1. The van der Waals surface area contributed by atoms with Crippen molar-refractivity contribution in [3.8, 4) is 0 Å². The van der Waals surface area contributed by atoms with Crippen LogP contribution in [-0.2, 0) is 11.2 Å². The summed E-state index contributed by atoms with van der Waals surface area (Å²) < 4.78 is 13.0. The topological polar surface area (TPSA) is 17.1 Å². The second-order valence-corrected chi connectivity index (χ2v) is 6.14. The van der Waals surface area contributed by atoms with Crippen molar-refractivity contribution in [1.82, 2.24) is 0 Å². The SMILES string of the molecule is O=C(CSc1cccc(F)c1)CC1Cc2ccccc21. The van der Waals surface area contributed by atoms with Crippen molar-refractivity contribution >= 4 is 17.5 Å². The third-order valence-electron chi connectivity index (χ3n) is 3.63. The maximum Gasteiger partial charge on any atom is 0.143 e. The van der Waals surface area contributed by atoms with Crippen molar-refractivity contribution in [2.75, 3.05) is 5.75 Å². The van der Waals surface area contributed by atoms with Crippen LogP contribution in [0.25, 0.3) is 0 Å². The quantitative estimate of drug-likeness (QED) is 0.766. The smallest absolute Gasteiger partial charge is 0.143 e. The number of carbonyl (C=O) groups is 1. The van der Waals surface area contributed by atoms with Crippen molar-refractivity contribution < 1.29 is 9.18 Å². The highest BCUT2D eigenvalue weighted by Gasteiger charge is 2.27. The number of carbonyl (C=O) groups excluding carboxylic acids is 1. The van der Waals surface area contributed by atoms with Gasteiger partial charge in [0.2, 0.25) is 0 Å². The highest BCUT2D eigenvalue weighted by molar-refractivity contribution is 8.00. The van der Waals surface area contributed by atoms with Crippen LogP contribution in [0, 0.1) is 5.82 Å². The summed E-state index contributed by atoms with van der Waals surface area (Å²) in [5.74, 6) is 0.781. The van der Waals surface area contributed by atoms with Gasteiger partial charge >= 0.3 is 0 Å². The lowest BCUT2D eigenvalue weighted by atomic mass is 9.75. The minimum absolute atomic E-state index is 0.235. The first-order valence-corrected chi connectivity index (χ1v) is 7.69. The monoisotopic (exact) mass is 286 g/mol. The molecule has 0 heterocycles. The first-order chi connectivity index (χ1) is 9.72. The number of halogens is 1. The molecule has 1 atom stereocenters. The highest BCUT2D eigenvalue weighted by atomic mass is 32.2. The lowest BCUT2D eigenvalue weighted by molar-refractivity contribution is -0.117. The number of benzene rings is 2. The molecule has 0 radical (unpaired) electrons. The van der Waals surface area contributed by atoms with Gasteiger partial charge in [-0.2, -0.15) is 0 Å². The summed E-state index contributed by atoms with van der Waals surface area (Å²) in [5.41, 5.74) is 2.68. The Balaban J connectivity index is 1.52. The van der Waals surface area contributed by atoms with Crippen molar-refractivity contribution in [2.45, 2.75) is 23.7 Å². The molecule has 0 N–H and O–H groups in total. The van der Waals surface area contributed by atoms with Gasteiger partial charge in [0, 0.05) is 11.3 Å². The number of rotatable bonds is 5. The lowest BCUT2D eigenvalue weighted by Crippen LogP contribution is -2.20. The van der Waals surface area contributed by atoms with Crippen LogP contribution >= 0.6 is 11.8 Å². The molecule has 2 aromatic carbocycles. The third kappa shape index (κ3) is 2.93. The number of thioether (sulfide) groups is 1. The molecule has 20 heavy (non-hydrogen) atoms. The zero-order chi connectivity index (χ0) is 13.9. The molecule has 0 saturated heterocycles. The van der Waals surface area contributed by atoms with Crippen LogP contribution in [0.15, 0.2) is 53.4 Å². The summed E-state index contributed by atoms with van der Waals surface area (Å²) in [6, 6.07) is 14.7. The van der Waals surface area contributed by atoms with Crippen LogP contribution in [0.4, 0.5) is 4.39 Å². The number of hydrogen-bond donors (Lipinski definition) is 0. The third-order valence-corrected chi connectivity index (χ3v) is 4.68. The van der Waals surface area contributed by atoms with E-state index in [0.29, 0.717) is 18.1 Å². The summed E-state index contributed by atoms with van der Waals surface area (Å²) in [5, 5.41) is 0. The van der Waals surface area contributed by atoms with Gasteiger partial charge in [-0.1, -0.05) is 30.3 Å². The van der Waals surface area contributed by atoms with Crippen LogP contribution in [0.2, 0.25) is 0 Å². The molecule has 1 aliphatic carbocycles. The van der Waals surface area contributed by atoms with Gasteiger partial charge in [-0.3, -0.25) is 4.79 Å². The van der Waals surface area contributed by atoms with Gasteiger partial charge in [0.1, 0.15) is 11.6 Å². The van der Waals surface area contributed by atoms with E-state index < -0.39 is 0 Å². The molecular weight excluding hydrogens is 271 g/mol. The highest BCUT2D eigenvalue weighted by Crippen LogP contribution is 2.37. The molecular formula is C17H15FOS. The zero-order valence-corrected chi connectivity index (χ0v) is 11.8. The Morgan fingerprint density at radius 2 is 2.05 bits per heavy atom. The molecule has 0 aliphatic heterocycles. The van der Waals surface area contributed by atoms with Gasteiger partial charge in [0.15, 0.2) is 0 Å². The van der Waals surface area contributed by atoms with Crippen molar-refractivity contribution in [1.29, 1.82) is 0 Å². The molecule has 0 amide bonds. The summed E-state index contributed by atoms with van der Waals surface area (Å²) in [7, 11) is 0. The van der Waals surface area contributed by atoms with Gasteiger partial charge in [-0.25, -0.2) is 4.39 Å². The lowest BCUT2D eigenvalue weighted by Gasteiger charge is -2.29. The van der Waals surface area contributed by atoms with E-state index in [9.17, 15) is 9.18 Å². The fraction of sp³-hybridized carbons (Fsp3) is 0.235. The van der Waals surface area contributed by atoms with Crippen molar-refractivity contribution in [2.24, 2.45) is 0 Å². The molecule has 102 valence electrons. The summed E-state index contributed by atoms with van der Waals surface area (Å²) in [4.78, 5) is 12.8. The van der Waals surface area contributed by atoms with Crippen molar-refractivity contribution in [3.05, 3.63) is 65.5 Å². The Hall–Kier alpha value is -1.61. The summed E-state index contributed by atoms with van der Waals surface area (Å²) in [6.45, 7) is 0. The molecule has 0 spiro atoms. The van der Waals surface area contributed by atoms with Gasteiger partial charge in [0.05, 0.1) is 5.75 Å². The molecule has 2 aromatic rings. The Morgan fingerprint density at radius 3 is 2.85 bits per heavy atom. The van der Waals surface area contributed by atoms with Gasteiger partial charge in [-0.15, -0.1) is 11.8 Å². The normalized spacial score (nSPS) is 16.4. The van der Waals surface area contributed by atoms with Gasteiger partial charge in [0.25, 0.3) is 0 Å². The van der Waals surface area contributed by atoms with Crippen LogP contribution in [0.1, 0.15) is 23.5 Å². The van der Waals surface area contributed by atoms with Gasteiger partial charge in [-0.05, 0) is 41.7 Å². The van der Waals surface area contributed by atoms with E-state index >= 15 is 0 Å². The maximum absolute atomic E-state index is 13.0. The molecule has 0 aromatic heterocycles. The Morgan fingerprint density at radius 1 is 1.20 bits per heavy atom. The Bertz CT molecular complexity index is 638. The van der Waals surface area contributed by atoms with Crippen molar-refractivity contribution in [3.63, 3.8) is 0 Å². The standard InChI is InChI=1S/C17H15FOS/c18-14-5-3-6-16(10-14)20-11-15(19)9-13-8-12-4-1-2-7-17(12)13/h1-7,10,13H,8-9,11H2. The van der Waals surface area contributed by atoms with E-state index in [1.165, 1.54) is 35.0 Å². The predicted molar refractivity (Wildman–Crippen MR) is 79.6 cm³/mol. The average Bonchev–Trinajstić information content (AvgIpc) is 2.43. The summed E-state index contributed by atoms with van der Waals surface area (Å²) >= 11 is 1.41. The minimum atomic E-state index is -0.254. The molecule has 0 fully saturated rings. The van der Waals surface area contributed by atoms with Gasteiger partial charge < -0.3 is 0 Å². The minimum Gasteiger partial charge on any atom is -0.299 e. The largest absolute Gasteiger partial charge is 0.299 e. The van der Waals surface area contributed by atoms with E-state index in [-0.39, 0.29) is 11.6 Å². The zero-order valence-electron chi connectivity index (χ0n) is 11.0. The molecule has 1 aliphatic rings. The van der Waals surface area contributed by atoms with E-state index in [4.69, 9.17) is 0 Å². The van der Waals surface area contributed by atoms with Crippen LogP contribution in [0.5, 0.6) is 0 Å². The van der Waals surface area contributed by atoms with E-state index in [1.54, 1.807) is 6.07 Å².